The number of thiocarbonyl (C=S) groups is 1. The van der Waals surface area contributed by atoms with E-state index in [4.69, 9.17) is 52.2 Å². The molecule has 0 bridgehead atoms. The first kappa shape index (κ1) is 25.0. The van der Waals surface area contributed by atoms with Crippen molar-refractivity contribution in [3.8, 4) is 17.2 Å². The topological polar surface area (TPSA) is 84.5 Å². The highest BCUT2D eigenvalue weighted by atomic mass is 35.5. The zero-order valence-corrected chi connectivity index (χ0v) is 20.4. The fourth-order valence-corrected chi connectivity index (χ4v) is 4.01. The van der Waals surface area contributed by atoms with Crippen LogP contribution in [0.2, 0.25) is 5.02 Å². The Kier molecular flexibility index (Phi) is 8.74. The number of carbonyl (C=O) groups excluding carboxylic acids is 1. The van der Waals surface area contributed by atoms with E-state index in [9.17, 15) is 4.79 Å². The second-order valence-corrected chi connectivity index (χ2v) is 7.88. The molecule has 2 atom stereocenters. The number of hydrogen-bond acceptors (Lipinski definition) is 8. The summed E-state index contributed by atoms with van der Waals surface area (Å²) in [5.41, 5.74) is 1.87. The molecule has 1 aliphatic rings. The number of anilines is 1. The average molecular weight is 496 g/mol. The summed E-state index contributed by atoms with van der Waals surface area (Å²) in [4.78, 5) is 12.6. The van der Waals surface area contributed by atoms with Gasteiger partial charge >= 0.3 is 5.97 Å². The van der Waals surface area contributed by atoms with Crippen LogP contribution in [0, 0.1) is 0 Å². The van der Waals surface area contributed by atoms with Gasteiger partial charge in [0.25, 0.3) is 0 Å². The van der Waals surface area contributed by atoms with Gasteiger partial charge in [-0.2, -0.15) is 0 Å². The molecule has 2 aromatic carbocycles. The number of para-hydroxylation sites is 1. The molecule has 0 spiro atoms. The lowest BCUT2D eigenvalue weighted by molar-refractivity contribution is -0.145. The molecule has 0 aromatic heterocycles. The summed E-state index contributed by atoms with van der Waals surface area (Å²) in [6.07, 6.45) is -1.57. The smallest absolute Gasteiger partial charge is 0.308 e. The zero-order chi connectivity index (χ0) is 24.0. The van der Waals surface area contributed by atoms with E-state index in [0.29, 0.717) is 44.1 Å². The van der Waals surface area contributed by atoms with Crippen LogP contribution >= 0.6 is 23.8 Å². The SMILES string of the molecule is CCOC(=O)C[C@H]1O[C@H](c2cccc(OC)c2OC)c2cc(Cl)cc(OCOC)c2NC1=S. The maximum atomic E-state index is 12.3. The lowest BCUT2D eigenvalue weighted by Crippen LogP contribution is -2.31. The third kappa shape index (κ3) is 5.67. The monoisotopic (exact) mass is 495 g/mol. The van der Waals surface area contributed by atoms with E-state index in [1.165, 1.54) is 7.11 Å². The standard InChI is InChI=1S/C23H26ClNO7S/c1-5-30-19(26)11-18-23(33)25-20-15(9-13(24)10-17(20)31-12-27-2)21(32-18)14-7-6-8-16(28-3)22(14)29-4/h6-10,18,21H,5,11-12H2,1-4H3,(H,25,33)/t18-,21-/m1/s1. The number of nitrogens with one attached hydrogen (secondary N) is 1. The van der Waals surface area contributed by atoms with E-state index in [1.807, 2.05) is 12.1 Å². The predicted octanol–water partition coefficient (Wildman–Crippen LogP) is 4.52. The van der Waals surface area contributed by atoms with E-state index < -0.39 is 18.2 Å². The molecular formula is C23H26ClNO7S. The van der Waals surface area contributed by atoms with Crippen molar-refractivity contribution in [3.05, 3.63) is 46.5 Å². The first-order valence-electron chi connectivity index (χ1n) is 10.2. The number of halogens is 1. The van der Waals surface area contributed by atoms with Crippen molar-refractivity contribution in [2.24, 2.45) is 0 Å². The lowest BCUT2D eigenvalue weighted by atomic mass is 9.98. The van der Waals surface area contributed by atoms with Crippen LogP contribution in [0.3, 0.4) is 0 Å². The molecule has 33 heavy (non-hydrogen) atoms. The summed E-state index contributed by atoms with van der Waals surface area (Å²) < 4.78 is 33.5. The third-order valence-electron chi connectivity index (χ3n) is 4.93. The van der Waals surface area contributed by atoms with Gasteiger partial charge in [-0.3, -0.25) is 4.79 Å². The van der Waals surface area contributed by atoms with Crippen LogP contribution in [0.4, 0.5) is 5.69 Å². The normalized spacial score (nSPS) is 17.4. The second-order valence-electron chi connectivity index (χ2n) is 7.00. The largest absolute Gasteiger partial charge is 0.493 e. The van der Waals surface area contributed by atoms with Gasteiger partial charge in [0.05, 0.1) is 32.9 Å². The summed E-state index contributed by atoms with van der Waals surface area (Å²) in [6.45, 7) is 1.99. The van der Waals surface area contributed by atoms with Crippen molar-refractivity contribution in [2.45, 2.75) is 25.6 Å². The van der Waals surface area contributed by atoms with E-state index in [-0.39, 0.29) is 19.8 Å². The molecule has 0 saturated carbocycles. The number of carbonyl (C=O) groups is 1. The fraction of sp³-hybridized carbons (Fsp3) is 0.391. The molecule has 10 heteroatoms. The van der Waals surface area contributed by atoms with Crippen LogP contribution in [-0.2, 0) is 19.0 Å². The molecule has 0 aliphatic carbocycles. The van der Waals surface area contributed by atoms with Crippen molar-refractivity contribution in [1.29, 1.82) is 0 Å². The van der Waals surface area contributed by atoms with Gasteiger partial charge in [0.1, 0.15) is 22.9 Å². The Morgan fingerprint density at radius 1 is 1.15 bits per heavy atom. The molecule has 8 nitrogen and oxygen atoms in total. The molecule has 178 valence electrons. The summed E-state index contributed by atoms with van der Waals surface area (Å²) in [5, 5.41) is 3.60. The van der Waals surface area contributed by atoms with E-state index >= 15 is 0 Å². The van der Waals surface area contributed by atoms with Gasteiger partial charge in [0, 0.05) is 29.3 Å². The van der Waals surface area contributed by atoms with Gasteiger partial charge in [-0.25, -0.2) is 0 Å². The highest BCUT2D eigenvalue weighted by Crippen LogP contribution is 2.46. The Morgan fingerprint density at radius 2 is 1.94 bits per heavy atom. The van der Waals surface area contributed by atoms with Crippen LogP contribution in [0.25, 0.3) is 0 Å². The molecule has 2 aromatic rings. The Labute approximate surface area is 203 Å². The summed E-state index contributed by atoms with van der Waals surface area (Å²) in [6, 6.07) is 8.86. The van der Waals surface area contributed by atoms with Gasteiger partial charge in [-0.1, -0.05) is 36.0 Å². The summed E-state index contributed by atoms with van der Waals surface area (Å²) in [7, 11) is 4.62. The van der Waals surface area contributed by atoms with Crippen molar-refractivity contribution < 1.29 is 33.2 Å². The highest BCUT2D eigenvalue weighted by molar-refractivity contribution is 7.80. The van der Waals surface area contributed by atoms with Crippen molar-refractivity contribution in [2.75, 3.05) is 40.0 Å². The maximum absolute atomic E-state index is 12.3. The Morgan fingerprint density at radius 3 is 2.61 bits per heavy atom. The molecule has 0 fully saturated rings. The van der Waals surface area contributed by atoms with E-state index in [1.54, 1.807) is 39.3 Å². The average Bonchev–Trinajstić information content (AvgIpc) is 2.93. The fourth-order valence-electron chi connectivity index (χ4n) is 3.55. The number of methoxy groups -OCH3 is 3. The molecule has 1 N–H and O–H groups in total. The van der Waals surface area contributed by atoms with Gasteiger partial charge in [-0.05, 0) is 19.1 Å². The number of fused-ring (bicyclic) bond motifs is 1. The van der Waals surface area contributed by atoms with Gasteiger partial charge in [0.15, 0.2) is 18.3 Å². The first-order valence-corrected chi connectivity index (χ1v) is 11.0. The number of ether oxygens (including phenoxy) is 6. The van der Waals surface area contributed by atoms with Crippen molar-refractivity contribution >= 4 is 40.5 Å². The van der Waals surface area contributed by atoms with E-state index in [0.717, 1.165) is 0 Å². The van der Waals surface area contributed by atoms with Crippen LogP contribution in [0.15, 0.2) is 30.3 Å². The highest BCUT2D eigenvalue weighted by Gasteiger charge is 2.35. The predicted molar refractivity (Wildman–Crippen MR) is 128 cm³/mol. The Balaban J connectivity index is 2.18. The third-order valence-corrected chi connectivity index (χ3v) is 5.51. The maximum Gasteiger partial charge on any atom is 0.308 e. The minimum absolute atomic E-state index is 0.00147. The molecule has 1 heterocycles. The minimum Gasteiger partial charge on any atom is -0.493 e. The number of benzene rings is 2. The molecule has 1 aliphatic heterocycles. The zero-order valence-electron chi connectivity index (χ0n) is 18.8. The van der Waals surface area contributed by atoms with Crippen LogP contribution in [0.5, 0.6) is 17.2 Å². The summed E-state index contributed by atoms with van der Waals surface area (Å²) in [5.74, 6) is 1.01. The Hall–Kier alpha value is -2.59. The summed E-state index contributed by atoms with van der Waals surface area (Å²) >= 11 is 12.0. The molecule has 0 radical (unpaired) electrons. The second kappa shape index (κ2) is 11.5. The van der Waals surface area contributed by atoms with Crippen LogP contribution in [0.1, 0.15) is 30.6 Å². The molecular weight excluding hydrogens is 470 g/mol. The first-order chi connectivity index (χ1) is 15.9. The van der Waals surface area contributed by atoms with Crippen LogP contribution < -0.4 is 19.5 Å². The number of rotatable bonds is 9. The van der Waals surface area contributed by atoms with Gasteiger partial charge < -0.3 is 33.7 Å². The van der Waals surface area contributed by atoms with Gasteiger partial charge in [-0.15, -0.1) is 0 Å². The lowest BCUT2D eigenvalue weighted by Gasteiger charge is -2.25. The molecule has 0 saturated heterocycles. The molecule has 0 amide bonds. The molecule has 0 unspecified atom stereocenters. The van der Waals surface area contributed by atoms with Gasteiger partial charge in [0.2, 0.25) is 0 Å². The number of esters is 1. The van der Waals surface area contributed by atoms with Crippen molar-refractivity contribution in [3.63, 3.8) is 0 Å². The van der Waals surface area contributed by atoms with Crippen molar-refractivity contribution in [1.82, 2.24) is 0 Å². The minimum atomic E-state index is -0.776. The Bertz CT molecular complexity index is 1020. The number of hydrogen-bond donors (Lipinski definition) is 1. The van der Waals surface area contributed by atoms with Crippen LogP contribution in [-0.4, -0.2) is 51.8 Å². The quantitative estimate of drug-likeness (QED) is 0.306. The van der Waals surface area contributed by atoms with E-state index in [2.05, 4.69) is 5.32 Å². The molecule has 3 rings (SSSR count).